The van der Waals surface area contributed by atoms with Crippen LogP contribution in [0.1, 0.15) is 84.0 Å². The number of rotatable bonds is 19. The van der Waals surface area contributed by atoms with Gasteiger partial charge in [-0.2, -0.15) is 0 Å². The quantitative estimate of drug-likeness (QED) is 0.243. The highest BCUT2D eigenvalue weighted by Crippen LogP contribution is 2.14. The molecule has 3 N–H and O–H groups in total. The topological polar surface area (TPSA) is 77.8 Å². The van der Waals surface area contributed by atoms with E-state index in [0.29, 0.717) is 17.6 Å². The predicted octanol–water partition coefficient (Wildman–Crippen LogP) is 3.57. The Hall–Kier alpha value is -0.650. The van der Waals surface area contributed by atoms with Crippen molar-refractivity contribution in [2.24, 2.45) is 0 Å². The number of hydrogen-bond acceptors (Lipinski definition) is 3. The summed E-state index contributed by atoms with van der Waals surface area (Å²) in [5, 5.41) is 27.6. The van der Waals surface area contributed by atoms with Crippen molar-refractivity contribution in [2.75, 3.05) is 39.4 Å². The van der Waals surface area contributed by atoms with Crippen LogP contribution in [0.4, 0.5) is 0 Å². The third kappa shape index (κ3) is 14.2. The molecule has 0 saturated heterocycles. The highest BCUT2D eigenvalue weighted by molar-refractivity contribution is 5.67. The molecule has 0 bridgehead atoms. The van der Waals surface area contributed by atoms with Crippen LogP contribution in [-0.2, 0) is 4.79 Å². The molecule has 0 rings (SSSR count). The van der Waals surface area contributed by atoms with Crippen molar-refractivity contribution in [1.82, 2.24) is 0 Å². The first-order valence-electron chi connectivity index (χ1n) is 10.4. The number of nitrogens with zero attached hydrogens (tertiary/aromatic N) is 1. The van der Waals surface area contributed by atoms with Gasteiger partial charge in [0.1, 0.15) is 13.1 Å². The summed E-state index contributed by atoms with van der Waals surface area (Å²) in [7, 11) is 0. The molecule has 0 aromatic heterocycles. The average Bonchev–Trinajstić information content (AvgIpc) is 2.56. The van der Waals surface area contributed by atoms with Crippen molar-refractivity contribution in [3.05, 3.63) is 0 Å². The van der Waals surface area contributed by atoms with E-state index in [1.54, 1.807) is 0 Å². The molecular weight excluding hydrogens is 318 g/mol. The van der Waals surface area contributed by atoms with Crippen LogP contribution in [0.5, 0.6) is 0 Å². The second-order valence-electron chi connectivity index (χ2n) is 7.40. The van der Waals surface area contributed by atoms with Crippen molar-refractivity contribution in [3.63, 3.8) is 0 Å². The van der Waals surface area contributed by atoms with Crippen molar-refractivity contribution in [1.29, 1.82) is 0 Å². The van der Waals surface area contributed by atoms with Crippen molar-refractivity contribution in [2.45, 2.75) is 84.0 Å². The zero-order valence-electron chi connectivity index (χ0n) is 16.4. The number of hydrogen-bond donors (Lipinski definition) is 3. The van der Waals surface area contributed by atoms with E-state index in [2.05, 4.69) is 6.92 Å². The van der Waals surface area contributed by atoms with Gasteiger partial charge in [-0.25, -0.2) is 4.79 Å². The zero-order chi connectivity index (χ0) is 18.8. The van der Waals surface area contributed by atoms with Crippen LogP contribution in [0.2, 0.25) is 0 Å². The van der Waals surface area contributed by atoms with E-state index in [4.69, 9.17) is 5.11 Å². The van der Waals surface area contributed by atoms with Crippen molar-refractivity contribution < 1.29 is 24.6 Å². The molecule has 0 saturated carbocycles. The molecule has 0 unspecified atom stereocenters. The van der Waals surface area contributed by atoms with Gasteiger partial charge in [-0.15, -0.1) is 0 Å². The molecule has 0 atom stereocenters. The molecule has 150 valence electrons. The van der Waals surface area contributed by atoms with Gasteiger partial charge in [0.2, 0.25) is 0 Å². The Kier molecular flexibility index (Phi) is 16.4. The fourth-order valence-electron chi connectivity index (χ4n) is 3.57. The second kappa shape index (κ2) is 16.8. The van der Waals surface area contributed by atoms with Gasteiger partial charge in [0, 0.05) is 0 Å². The van der Waals surface area contributed by atoms with Crippen LogP contribution in [0.25, 0.3) is 0 Å². The lowest BCUT2D eigenvalue weighted by Crippen LogP contribution is -2.55. The first kappa shape index (κ1) is 24.4. The zero-order valence-corrected chi connectivity index (χ0v) is 16.4. The van der Waals surface area contributed by atoms with E-state index in [-0.39, 0.29) is 19.8 Å². The largest absolute Gasteiger partial charge is 0.477 e. The molecule has 0 aliphatic rings. The van der Waals surface area contributed by atoms with E-state index in [0.717, 1.165) is 19.4 Å². The van der Waals surface area contributed by atoms with Gasteiger partial charge in [-0.1, -0.05) is 71.1 Å². The molecule has 0 aromatic carbocycles. The Labute approximate surface area is 154 Å². The van der Waals surface area contributed by atoms with Crippen molar-refractivity contribution in [3.8, 4) is 0 Å². The minimum atomic E-state index is -0.860. The monoisotopic (exact) mass is 360 g/mol. The third-order valence-electron chi connectivity index (χ3n) is 5.11. The van der Waals surface area contributed by atoms with Gasteiger partial charge >= 0.3 is 5.97 Å². The van der Waals surface area contributed by atoms with Crippen LogP contribution >= 0.6 is 0 Å². The molecule has 25 heavy (non-hydrogen) atoms. The molecule has 0 radical (unpaired) electrons. The molecular formula is C20H42NO4+. The Morgan fingerprint density at radius 2 is 1.08 bits per heavy atom. The first-order valence-corrected chi connectivity index (χ1v) is 10.4. The summed E-state index contributed by atoms with van der Waals surface area (Å²) in [6.45, 7) is 3.70. The number of unbranched alkanes of at least 4 members (excludes halogenated alkanes) is 11. The molecule has 0 amide bonds. The SMILES string of the molecule is CCCCCCCCCCCCCC[N+](CCO)(CCO)CC(=O)O. The third-order valence-corrected chi connectivity index (χ3v) is 5.11. The van der Waals surface area contributed by atoms with Gasteiger partial charge in [0.05, 0.1) is 19.8 Å². The maximum Gasteiger partial charge on any atom is 0.359 e. The van der Waals surface area contributed by atoms with E-state index in [1.165, 1.54) is 64.2 Å². The summed E-state index contributed by atoms with van der Waals surface area (Å²) in [6.07, 6.45) is 15.3. The van der Waals surface area contributed by atoms with Crippen LogP contribution in [0.3, 0.4) is 0 Å². The van der Waals surface area contributed by atoms with E-state index in [1.807, 2.05) is 0 Å². The number of aliphatic carboxylic acids is 1. The number of aliphatic hydroxyl groups is 2. The average molecular weight is 361 g/mol. The molecule has 5 heteroatoms. The van der Waals surface area contributed by atoms with Crippen molar-refractivity contribution >= 4 is 5.97 Å². The summed E-state index contributed by atoms with van der Waals surface area (Å²) in [6, 6.07) is 0. The molecule has 0 fully saturated rings. The maximum atomic E-state index is 11.1. The molecule has 0 spiro atoms. The Morgan fingerprint density at radius 1 is 0.680 bits per heavy atom. The minimum Gasteiger partial charge on any atom is -0.477 e. The van der Waals surface area contributed by atoms with Crippen LogP contribution < -0.4 is 0 Å². The first-order chi connectivity index (χ1) is 12.1. The maximum absolute atomic E-state index is 11.1. The summed E-state index contributed by atoms with van der Waals surface area (Å²) < 4.78 is 0.292. The number of aliphatic hydroxyl groups excluding tert-OH is 2. The molecule has 5 nitrogen and oxygen atoms in total. The summed E-state index contributed by atoms with van der Waals surface area (Å²) in [5.41, 5.74) is 0. The lowest BCUT2D eigenvalue weighted by molar-refractivity contribution is -0.922. The normalized spacial score (nSPS) is 11.8. The predicted molar refractivity (Wildman–Crippen MR) is 103 cm³/mol. The highest BCUT2D eigenvalue weighted by Gasteiger charge is 2.28. The standard InChI is InChI=1S/C20H41NO4/c1-2-3-4-5-6-7-8-9-10-11-12-13-14-21(15-17-22,16-18-23)19-20(24)25/h22-23H,2-19H2,1H3/p+1. The molecule has 0 aliphatic heterocycles. The fourth-order valence-corrected chi connectivity index (χ4v) is 3.57. The van der Waals surface area contributed by atoms with E-state index >= 15 is 0 Å². The Balaban J connectivity index is 3.75. The molecule has 0 aliphatic carbocycles. The van der Waals surface area contributed by atoms with Gasteiger partial charge in [0.25, 0.3) is 0 Å². The number of quaternary nitrogens is 1. The lowest BCUT2D eigenvalue weighted by atomic mass is 10.0. The fraction of sp³-hybridized carbons (Fsp3) is 0.950. The second-order valence-corrected chi connectivity index (χ2v) is 7.40. The van der Waals surface area contributed by atoms with Gasteiger partial charge < -0.3 is 19.8 Å². The molecule has 0 aromatic rings. The Morgan fingerprint density at radius 3 is 1.44 bits per heavy atom. The van der Waals surface area contributed by atoms with E-state index < -0.39 is 5.97 Å². The number of carboxylic acid groups (broad SMARTS) is 1. The highest BCUT2D eigenvalue weighted by atomic mass is 16.4. The number of carbonyl (C=O) groups is 1. The van der Waals surface area contributed by atoms with Gasteiger partial charge in [-0.05, 0) is 12.8 Å². The lowest BCUT2D eigenvalue weighted by Gasteiger charge is -2.36. The van der Waals surface area contributed by atoms with Gasteiger partial charge in [-0.3, -0.25) is 0 Å². The van der Waals surface area contributed by atoms with Crippen LogP contribution in [0.15, 0.2) is 0 Å². The van der Waals surface area contributed by atoms with Crippen LogP contribution in [0, 0.1) is 0 Å². The number of carboxylic acids is 1. The Bertz CT molecular complexity index is 304. The van der Waals surface area contributed by atoms with Crippen LogP contribution in [-0.4, -0.2) is 65.2 Å². The smallest absolute Gasteiger partial charge is 0.359 e. The summed E-state index contributed by atoms with van der Waals surface area (Å²) in [4.78, 5) is 11.1. The summed E-state index contributed by atoms with van der Waals surface area (Å²) >= 11 is 0. The summed E-state index contributed by atoms with van der Waals surface area (Å²) in [5.74, 6) is -0.860. The van der Waals surface area contributed by atoms with E-state index in [9.17, 15) is 15.0 Å². The minimum absolute atomic E-state index is 0.0147. The molecule has 0 heterocycles. The van der Waals surface area contributed by atoms with Gasteiger partial charge in [0.15, 0.2) is 6.54 Å².